The molecule has 0 spiro atoms. The van der Waals surface area contributed by atoms with Crippen LogP contribution in [0.25, 0.3) is 0 Å². The average Bonchev–Trinajstić information content (AvgIpc) is 3.27. The third kappa shape index (κ3) is 4.45. The van der Waals surface area contributed by atoms with Crippen LogP contribution in [-0.4, -0.2) is 18.4 Å². The summed E-state index contributed by atoms with van der Waals surface area (Å²) >= 11 is 1.09. The first-order valence-electron chi connectivity index (χ1n) is 7.32. The highest BCUT2D eigenvalue weighted by atomic mass is 32.1. The molecule has 0 saturated carbocycles. The third-order valence-electron chi connectivity index (χ3n) is 3.15. The molecule has 134 valence electrons. The van der Waals surface area contributed by atoms with Gasteiger partial charge in [0.25, 0.3) is 11.8 Å². The Morgan fingerprint density at radius 3 is 2.42 bits per heavy atom. The molecule has 2 heterocycles. The van der Waals surface area contributed by atoms with Crippen molar-refractivity contribution >= 4 is 33.8 Å². The van der Waals surface area contributed by atoms with Crippen LogP contribution in [-0.2, 0) is 0 Å². The normalized spacial score (nSPS) is 10.6. The first-order chi connectivity index (χ1) is 12.5. The molecule has 1 aromatic carbocycles. The van der Waals surface area contributed by atoms with E-state index < -0.39 is 18.4 Å². The number of furan rings is 1. The van der Waals surface area contributed by atoms with Gasteiger partial charge in [-0.1, -0.05) is 0 Å². The van der Waals surface area contributed by atoms with E-state index in [0.29, 0.717) is 15.6 Å². The molecule has 0 atom stereocenters. The van der Waals surface area contributed by atoms with E-state index in [-0.39, 0.29) is 11.5 Å². The van der Waals surface area contributed by atoms with Crippen LogP contribution in [0.2, 0.25) is 0 Å². The Morgan fingerprint density at radius 1 is 1.00 bits per heavy atom. The number of anilines is 2. The van der Waals surface area contributed by atoms with Gasteiger partial charge in [-0.25, -0.2) is 0 Å². The van der Waals surface area contributed by atoms with Crippen molar-refractivity contribution in [2.75, 3.05) is 10.6 Å². The van der Waals surface area contributed by atoms with E-state index in [1.165, 1.54) is 36.6 Å². The first-order valence-corrected chi connectivity index (χ1v) is 8.14. The van der Waals surface area contributed by atoms with E-state index in [1.54, 1.807) is 18.2 Å². The van der Waals surface area contributed by atoms with Gasteiger partial charge in [0.15, 0.2) is 5.76 Å². The Morgan fingerprint density at radius 2 is 1.77 bits per heavy atom. The second-order valence-corrected chi connectivity index (χ2v) is 6.04. The van der Waals surface area contributed by atoms with Crippen molar-refractivity contribution in [3.63, 3.8) is 0 Å². The molecular formula is C17H12F2N2O4S. The molecule has 2 N–H and O–H groups in total. The van der Waals surface area contributed by atoms with Gasteiger partial charge in [-0.2, -0.15) is 8.78 Å². The number of rotatable bonds is 6. The third-order valence-corrected chi connectivity index (χ3v) is 4.15. The molecule has 0 bridgehead atoms. The van der Waals surface area contributed by atoms with Gasteiger partial charge in [0.2, 0.25) is 0 Å². The summed E-state index contributed by atoms with van der Waals surface area (Å²) in [6.07, 6.45) is 1.39. The molecule has 2 amide bonds. The van der Waals surface area contributed by atoms with Crippen LogP contribution in [0.15, 0.2) is 59.2 Å². The topological polar surface area (TPSA) is 80.6 Å². The molecule has 0 aliphatic carbocycles. The number of halogens is 2. The molecule has 0 unspecified atom stereocenters. The van der Waals surface area contributed by atoms with E-state index in [4.69, 9.17) is 4.42 Å². The largest absolute Gasteiger partial charge is 0.459 e. The molecule has 0 fully saturated rings. The Labute approximate surface area is 150 Å². The number of ether oxygens (including phenoxy) is 1. The lowest BCUT2D eigenvalue weighted by molar-refractivity contribution is -0.0498. The summed E-state index contributed by atoms with van der Waals surface area (Å²) in [5, 5.41) is 5.74. The first kappa shape index (κ1) is 17.6. The summed E-state index contributed by atoms with van der Waals surface area (Å²) in [6.45, 7) is -2.91. The van der Waals surface area contributed by atoms with Crippen molar-refractivity contribution in [2.24, 2.45) is 0 Å². The highest BCUT2D eigenvalue weighted by molar-refractivity contribution is 7.18. The van der Waals surface area contributed by atoms with Crippen molar-refractivity contribution in [3.05, 3.63) is 65.4 Å². The van der Waals surface area contributed by atoms with Crippen molar-refractivity contribution in [1.29, 1.82) is 0 Å². The summed E-state index contributed by atoms with van der Waals surface area (Å²) in [6, 6.07) is 11.8. The summed E-state index contributed by atoms with van der Waals surface area (Å²) in [5.41, 5.74) is 0.422. The number of benzene rings is 1. The smallest absolute Gasteiger partial charge is 0.387 e. The fourth-order valence-electron chi connectivity index (χ4n) is 2.02. The second-order valence-electron chi connectivity index (χ2n) is 4.95. The number of nitrogens with one attached hydrogen (secondary N) is 2. The lowest BCUT2D eigenvalue weighted by atomic mass is 10.3. The maximum Gasteiger partial charge on any atom is 0.387 e. The van der Waals surface area contributed by atoms with E-state index in [9.17, 15) is 18.4 Å². The highest BCUT2D eigenvalue weighted by Gasteiger charge is 2.14. The highest BCUT2D eigenvalue weighted by Crippen LogP contribution is 2.24. The summed E-state index contributed by atoms with van der Waals surface area (Å²) in [5.74, 6) is -0.651. The Bertz CT molecular complexity index is 892. The molecule has 0 saturated heterocycles. The van der Waals surface area contributed by atoms with Gasteiger partial charge >= 0.3 is 6.61 Å². The number of alkyl halides is 2. The lowest BCUT2D eigenvalue weighted by Gasteiger charge is -2.06. The zero-order valence-electron chi connectivity index (χ0n) is 13.1. The van der Waals surface area contributed by atoms with Crippen molar-refractivity contribution in [1.82, 2.24) is 0 Å². The minimum atomic E-state index is -2.91. The summed E-state index contributed by atoms with van der Waals surface area (Å²) < 4.78 is 33.4. The molecule has 0 radical (unpaired) electrons. The molecule has 9 heteroatoms. The predicted molar refractivity (Wildman–Crippen MR) is 92.0 cm³/mol. The average molecular weight is 378 g/mol. The quantitative estimate of drug-likeness (QED) is 0.664. The number of carbonyl (C=O) groups excluding carboxylic acids is 2. The molecule has 0 aliphatic heterocycles. The maximum absolute atomic E-state index is 12.2. The van der Waals surface area contributed by atoms with Gasteiger partial charge in [0.05, 0.1) is 16.1 Å². The van der Waals surface area contributed by atoms with E-state index in [2.05, 4.69) is 15.4 Å². The molecule has 2 aromatic heterocycles. The van der Waals surface area contributed by atoms with Crippen molar-refractivity contribution < 1.29 is 27.5 Å². The second kappa shape index (κ2) is 7.79. The minimum Gasteiger partial charge on any atom is -0.459 e. The Hall–Kier alpha value is -3.20. The van der Waals surface area contributed by atoms with Gasteiger partial charge in [-0.05, 0) is 48.5 Å². The Balaban J connectivity index is 1.60. The van der Waals surface area contributed by atoms with Gasteiger partial charge in [-0.15, -0.1) is 11.3 Å². The fraction of sp³-hybridized carbons (Fsp3) is 0.0588. The van der Waals surface area contributed by atoms with Crippen LogP contribution < -0.4 is 15.4 Å². The van der Waals surface area contributed by atoms with Gasteiger partial charge < -0.3 is 19.8 Å². The van der Waals surface area contributed by atoms with Gasteiger partial charge in [-0.3, -0.25) is 9.59 Å². The van der Waals surface area contributed by atoms with E-state index >= 15 is 0 Å². The van der Waals surface area contributed by atoms with Crippen LogP contribution in [0.1, 0.15) is 20.2 Å². The predicted octanol–water partition coefficient (Wildman–Crippen LogP) is 4.45. The monoisotopic (exact) mass is 378 g/mol. The van der Waals surface area contributed by atoms with Crippen molar-refractivity contribution in [3.8, 4) is 5.75 Å². The van der Waals surface area contributed by atoms with Crippen LogP contribution in [0.5, 0.6) is 5.75 Å². The number of hydrogen-bond donors (Lipinski definition) is 2. The Kier molecular flexibility index (Phi) is 5.28. The lowest BCUT2D eigenvalue weighted by Crippen LogP contribution is -2.10. The van der Waals surface area contributed by atoms with Crippen LogP contribution in [0, 0.1) is 0 Å². The summed E-state index contributed by atoms with van der Waals surface area (Å²) in [7, 11) is 0. The summed E-state index contributed by atoms with van der Waals surface area (Å²) in [4.78, 5) is 24.5. The van der Waals surface area contributed by atoms with Crippen LogP contribution in [0.4, 0.5) is 19.5 Å². The number of hydrogen-bond acceptors (Lipinski definition) is 5. The zero-order valence-corrected chi connectivity index (χ0v) is 13.9. The zero-order chi connectivity index (χ0) is 18.5. The fourth-order valence-corrected chi connectivity index (χ4v) is 2.82. The van der Waals surface area contributed by atoms with Crippen molar-refractivity contribution in [2.45, 2.75) is 6.61 Å². The van der Waals surface area contributed by atoms with E-state index in [0.717, 1.165) is 11.3 Å². The van der Waals surface area contributed by atoms with Gasteiger partial charge in [0.1, 0.15) is 5.75 Å². The number of amides is 2. The van der Waals surface area contributed by atoms with Crippen LogP contribution >= 0.6 is 11.3 Å². The molecule has 6 nitrogen and oxygen atoms in total. The minimum absolute atomic E-state index is 0.00273. The molecular weight excluding hydrogens is 366 g/mol. The standard InChI is InChI=1S/C17H12F2N2O4S/c18-17(19)25-11-5-3-10(4-6-11)20-16(23)13-7-8-14(26-13)21-15(22)12-2-1-9-24-12/h1-9,17H,(H,20,23)(H,21,22). The van der Waals surface area contributed by atoms with Gasteiger partial charge in [0, 0.05) is 5.69 Å². The maximum atomic E-state index is 12.2. The van der Waals surface area contributed by atoms with E-state index in [1.807, 2.05) is 0 Å². The van der Waals surface area contributed by atoms with Crippen LogP contribution in [0.3, 0.4) is 0 Å². The SMILES string of the molecule is O=C(Nc1ccc(C(=O)Nc2ccc(OC(F)F)cc2)s1)c1ccco1. The molecule has 26 heavy (non-hydrogen) atoms. The molecule has 0 aliphatic rings. The number of carbonyl (C=O) groups is 2. The molecule has 3 aromatic rings. The number of thiophene rings is 1. The molecule has 3 rings (SSSR count).